The van der Waals surface area contributed by atoms with E-state index in [-0.39, 0.29) is 6.10 Å². The van der Waals surface area contributed by atoms with Crippen LogP contribution in [0.1, 0.15) is 36.6 Å². The summed E-state index contributed by atoms with van der Waals surface area (Å²) in [5.74, 6) is 1.09. The van der Waals surface area contributed by atoms with Crippen LogP contribution in [0.15, 0.2) is 36.5 Å². The van der Waals surface area contributed by atoms with Crippen LogP contribution in [0, 0.1) is 6.92 Å². The molecule has 106 valence electrons. The van der Waals surface area contributed by atoms with E-state index in [0.717, 1.165) is 16.9 Å². The van der Waals surface area contributed by atoms with Gasteiger partial charge in [-0.15, -0.1) is 0 Å². The number of ether oxygens (including phenoxy) is 1. The van der Waals surface area contributed by atoms with Crippen molar-refractivity contribution in [1.29, 1.82) is 0 Å². The molecule has 2 rings (SSSR count). The van der Waals surface area contributed by atoms with Gasteiger partial charge in [0.15, 0.2) is 0 Å². The Kier molecular flexibility index (Phi) is 4.25. The van der Waals surface area contributed by atoms with Crippen molar-refractivity contribution in [2.75, 3.05) is 5.73 Å². The molecule has 0 amide bonds. The summed E-state index contributed by atoms with van der Waals surface area (Å²) in [6.45, 7) is 5.84. The summed E-state index contributed by atoms with van der Waals surface area (Å²) in [4.78, 5) is 4.04. The normalized spacial score (nSPS) is 12.4. The highest BCUT2D eigenvalue weighted by Gasteiger charge is 2.17. The summed E-state index contributed by atoms with van der Waals surface area (Å²) in [6, 6.07) is 9.25. The lowest BCUT2D eigenvalue weighted by atomic mass is 9.98. The molecule has 1 atom stereocenters. The molecule has 20 heavy (non-hydrogen) atoms. The number of aryl methyl sites for hydroxylation is 1. The molecule has 0 radical (unpaired) electrons. The van der Waals surface area contributed by atoms with Crippen LogP contribution in [0.5, 0.6) is 5.75 Å². The van der Waals surface area contributed by atoms with Crippen LogP contribution >= 0.6 is 0 Å². The average Bonchev–Trinajstić information content (AvgIpc) is 2.38. The maximum atomic E-state index is 10.5. The lowest BCUT2D eigenvalue weighted by Crippen LogP contribution is -2.09. The minimum Gasteiger partial charge on any atom is -0.491 e. The van der Waals surface area contributed by atoms with Gasteiger partial charge in [0.05, 0.1) is 6.10 Å². The molecule has 0 fully saturated rings. The van der Waals surface area contributed by atoms with Crippen LogP contribution in [0.3, 0.4) is 0 Å². The molecule has 0 saturated carbocycles. The van der Waals surface area contributed by atoms with Crippen molar-refractivity contribution in [1.82, 2.24) is 4.98 Å². The molecule has 0 aliphatic rings. The lowest BCUT2D eigenvalue weighted by molar-refractivity contribution is 0.216. The Balaban J connectivity index is 2.36. The van der Waals surface area contributed by atoms with E-state index in [1.54, 1.807) is 6.20 Å². The van der Waals surface area contributed by atoms with Crippen molar-refractivity contribution in [3.05, 3.63) is 53.2 Å². The number of benzene rings is 1. The van der Waals surface area contributed by atoms with Crippen LogP contribution in [0.2, 0.25) is 0 Å². The Morgan fingerprint density at radius 1 is 1.25 bits per heavy atom. The quantitative estimate of drug-likeness (QED) is 0.898. The predicted octanol–water partition coefficient (Wildman–Crippen LogP) is 2.84. The third-order valence-electron chi connectivity index (χ3n) is 3.06. The second kappa shape index (κ2) is 5.92. The first-order valence-electron chi connectivity index (χ1n) is 6.64. The molecule has 0 aliphatic heterocycles. The molecule has 1 unspecified atom stereocenters. The number of pyridine rings is 1. The highest BCUT2D eigenvalue weighted by atomic mass is 16.5. The predicted molar refractivity (Wildman–Crippen MR) is 79.7 cm³/mol. The van der Waals surface area contributed by atoms with E-state index in [2.05, 4.69) is 4.98 Å². The second-order valence-corrected chi connectivity index (χ2v) is 5.07. The molecule has 0 aliphatic carbocycles. The van der Waals surface area contributed by atoms with Crippen molar-refractivity contribution in [3.8, 4) is 5.75 Å². The second-order valence-electron chi connectivity index (χ2n) is 5.07. The number of nitrogen functional groups attached to an aromatic ring is 1. The smallest absolute Gasteiger partial charge is 0.129 e. The first-order valence-corrected chi connectivity index (χ1v) is 6.64. The molecule has 3 N–H and O–H groups in total. The zero-order chi connectivity index (χ0) is 14.7. The van der Waals surface area contributed by atoms with Crippen LogP contribution in [-0.4, -0.2) is 16.2 Å². The van der Waals surface area contributed by atoms with E-state index in [9.17, 15) is 5.11 Å². The highest BCUT2D eigenvalue weighted by molar-refractivity contribution is 5.49. The van der Waals surface area contributed by atoms with E-state index >= 15 is 0 Å². The van der Waals surface area contributed by atoms with Crippen molar-refractivity contribution in [2.45, 2.75) is 33.0 Å². The maximum Gasteiger partial charge on any atom is 0.129 e. The van der Waals surface area contributed by atoms with Gasteiger partial charge in [0.25, 0.3) is 0 Å². The summed E-state index contributed by atoms with van der Waals surface area (Å²) < 4.78 is 5.64. The molecule has 0 spiro atoms. The number of nitrogens with zero attached hydrogens (tertiary/aromatic N) is 1. The van der Waals surface area contributed by atoms with E-state index in [1.165, 1.54) is 0 Å². The topological polar surface area (TPSA) is 68.4 Å². The summed E-state index contributed by atoms with van der Waals surface area (Å²) in [6.07, 6.45) is 0.922. The minimum absolute atomic E-state index is 0.0904. The zero-order valence-corrected chi connectivity index (χ0v) is 12.0. The molecule has 4 nitrogen and oxygen atoms in total. The van der Waals surface area contributed by atoms with Gasteiger partial charge in [0, 0.05) is 11.8 Å². The number of hydrogen-bond acceptors (Lipinski definition) is 4. The van der Waals surface area contributed by atoms with Gasteiger partial charge in [-0.05, 0) is 50.1 Å². The van der Waals surface area contributed by atoms with Crippen LogP contribution in [-0.2, 0) is 0 Å². The monoisotopic (exact) mass is 272 g/mol. The van der Waals surface area contributed by atoms with Crippen molar-refractivity contribution < 1.29 is 9.84 Å². The zero-order valence-electron chi connectivity index (χ0n) is 12.0. The summed E-state index contributed by atoms with van der Waals surface area (Å²) in [5.41, 5.74) is 8.18. The van der Waals surface area contributed by atoms with Gasteiger partial charge in [-0.3, -0.25) is 0 Å². The van der Waals surface area contributed by atoms with Gasteiger partial charge >= 0.3 is 0 Å². The minimum atomic E-state index is -0.806. The molecule has 1 aromatic heterocycles. The standard InChI is InChI=1S/C16H20N2O2/c1-10(2)20-13-6-4-5-12(9-13)15(19)14-11(3)7-8-18-16(14)17/h4-10,15,19H,1-3H3,(H2,17,18). The van der Waals surface area contributed by atoms with Crippen molar-refractivity contribution in [2.24, 2.45) is 0 Å². The van der Waals surface area contributed by atoms with Gasteiger partial charge < -0.3 is 15.6 Å². The summed E-state index contributed by atoms with van der Waals surface area (Å²) in [5, 5.41) is 10.5. The SMILES string of the molecule is Cc1ccnc(N)c1C(O)c1cccc(OC(C)C)c1. The number of aliphatic hydroxyl groups is 1. The summed E-state index contributed by atoms with van der Waals surface area (Å²) in [7, 11) is 0. The fourth-order valence-corrected chi connectivity index (χ4v) is 2.14. The van der Waals surface area contributed by atoms with E-state index in [4.69, 9.17) is 10.5 Å². The molecular formula is C16H20N2O2. The highest BCUT2D eigenvalue weighted by Crippen LogP contribution is 2.30. The lowest BCUT2D eigenvalue weighted by Gasteiger charge is -2.17. The van der Waals surface area contributed by atoms with Gasteiger partial charge in [-0.2, -0.15) is 0 Å². The first-order chi connectivity index (χ1) is 9.49. The van der Waals surface area contributed by atoms with Gasteiger partial charge in [-0.1, -0.05) is 12.1 Å². The Morgan fingerprint density at radius 3 is 2.65 bits per heavy atom. The summed E-state index contributed by atoms with van der Waals surface area (Å²) >= 11 is 0. The fraction of sp³-hybridized carbons (Fsp3) is 0.312. The largest absolute Gasteiger partial charge is 0.491 e. The molecule has 4 heteroatoms. The number of anilines is 1. The molecular weight excluding hydrogens is 252 g/mol. The first kappa shape index (κ1) is 14.3. The van der Waals surface area contributed by atoms with E-state index < -0.39 is 6.10 Å². The molecule has 2 aromatic rings. The van der Waals surface area contributed by atoms with E-state index in [0.29, 0.717) is 11.4 Å². The number of aliphatic hydroxyl groups excluding tert-OH is 1. The molecule has 1 heterocycles. The third-order valence-corrected chi connectivity index (χ3v) is 3.06. The molecule has 1 aromatic carbocycles. The third kappa shape index (κ3) is 3.08. The van der Waals surface area contributed by atoms with Gasteiger partial charge in [-0.25, -0.2) is 4.98 Å². The van der Waals surface area contributed by atoms with E-state index in [1.807, 2.05) is 51.1 Å². The number of hydrogen-bond donors (Lipinski definition) is 2. The Hall–Kier alpha value is -2.07. The molecule has 0 saturated heterocycles. The van der Waals surface area contributed by atoms with Gasteiger partial charge in [0.2, 0.25) is 0 Å². The Labute approximate surface area is 119 Å². The van der Waals surface area contributed by atoms with Crippen LogP contribution in [0.4, 0.5) is 5.82 Å². The number of rotatable bonds is 4. The van der Waals surface area contributed by atoms with Crippen LogP contribution in [0.25, 0.3) is 0 Å². The van der Waals surface area contributed by atoms with Crippen molar-refractivity contribution >= 4 is 5.82 Å². The van der Waals surface area contributed by atoms with Crippen molar-refractivity contribution in [3.63, 3.8) is 0 Å². The fourth-order valence-electron chi connectivity index (χ4n) is 2.14. The Morgan fingerprint density at radius 2 is 2.00 bits per heavy atom. The van der Waals surface area contributed by atoms with Gasteiger partial charge in [0.1, 0.15) is 17.7 Å². The van der Waals surface area contributed by atoms with Crippen LogP contribution < -0.4 is 10.5 Å². The molecule has 0 bridgehead atoms. The number of nitrogens with two attached hydrogens (primary N) is 1. The Bertz CT molecular complexity index is 577. The average molecular weight is 272 g/mol. The number of aromatic nitrogens is 1. The maximum absolute atomic E-state index is 10.5.